The molecular formula is C8H14O6S4. The second kappa shape index (κ2) is 11.1. The molecule has 0 saturated heterocycles. The van der Waals surface area contributed by atoms with Gasteiger partial charge in [-0.1, -0.05) is 0 Å². The standard InChI is InChI=1S/C8H14O6S4/c9-5(13-1-3-15)7(11)17-18-8(12)6(10)14-2-4-16/h7-8,11-12,15-16H,1-4H2. The van der Waals surface area contributed by atoms with Gasteiger partial charge in [0.2, 0.25) is 10.9 Å². The Kier molecular flexibility index (Phi) is 11.3. The number of aliphatic hydroxyl groups excluding tert-OH is 2. The van der Waals surface area contributed by atoms with Gasteiger partial charge in [0.1, 0.15) is 13.2 Å². The Morgan fingerprint density at radius 3 is 1.56 bits per heavy atom. The van der Waals surface area contributed by atoms with Gasteiger partial charge in [0.25, 0.3) is 0 Å². The monoisotopic (exact) mass is 334 g/mol. The van der Waals surface area contributed by atoms with E-state index < -0.39 is 22.8 Å². The van der Waals surface area contributed by atoms with Gasteiger partial charge < -0.3 is 19.7 Å². The highest BCUT2D eigenvalue weighted by atomic mass is 33.1. The van der Waals surface area contributed by atoms with Crippen molar-refractivity contribution in [1.82, 2.24) is 0 Å². The normalized spacial score (nSPS) is 13.8. The van der Waals surface area contributed by atoms with Gasteiger partial charge in [0.05, 0.1) is 0 Å². The maximum Gasteiger partial charge on any atom is 0.346 e. The van der Waals surface area contributed by atoms with Gasteiger partial charge in [-0.05, 0) is 21.6 Å². The maximum atomic E-state index is 11.1. The van der Waals surface area contributed by atoms with E-state index in [1.807, 2.05) is 0 Å². The third-order valence-electron chi connectivity index (χ3n) is 1.31. The van der Waals surface area contributed by atoms with Crippen LogP contribution >= 0.6 is 46.8 Å². The van der Waals surface area contributed by atoms with Crippen molar-refractivity contribution in [2.75, 3.05) is 24.7 Å². The molecule has 106 valence electrons. The summed E-state index contributed by atoms with van der Waals surface area (Å²) in [5, 5.41) is 18.6. The lowest BCUT2D eigenvalue weighted by Gasteiger charge is -2.12. The summed E-state index contributed by atoms with van der Waals surface area (Å²) in [5.41, 5.74) is -2.97. The quantitative estimate of drug-likeness (QED) is 0.202. The zero-order valence-electron chi connectivity index (χ0n) is 9.22. The first-order valence-corrected chi connectivity index (χ1v) is 8.30. The van der Waals surface area contributed by atoms with E-state index in [1.54, 1.807) is 0 Å². The van der Waals surface area contributed by atoms with Crippen molar-refractivity contribution in [1.29, 1.82) is 0 Å². The number of carbonyl (C=O) groups excluding carboxylic acids is 2. The van der Waals surface area contributed by atoms with Gasteiger partial charge in [-0.25, -0.2) is 9.59 Å². The number of esters is 2. The van der Waals surface area contributed by atoms with E-state index in [1.165, 1.54) is 0 Å². The topological polar surface area (TPSA) is 93.1 Å². The third-order valence-corrected chi connectivity index (χ3v) is 3.97. The Hall–Kier alpha value is 0.260. The molecular weight excluding hydrogens is 320 g/mol. The van der Waals surface area contributed by atoms with Crippen LogP contribution in [0.25, 0.3) is 0 Å². The van der Waals surface area contributed by atoms with Crippen LogP contribution in [0.3, 0.4) is 0 Å². The fourth-order valence-corrected chi connectivity index (χ4v) is 2.41. The van der Waals surface area contributed by atoms with E-state index in [2.05, 4.69) is 34.7 Å². The van der Waals surface area contributed by atoms with Crippen LogP contribution in [0.1, 0.15) is 0 Å². The molecule has 0 radical (unpaired) electrons. The molecule has 0 aromatic carbocycles. The Balaban J connectivity index is 3.85. The van der Waals surface area contributed by atoms with Crippen LogP contribution in [0.5, 0.6) is 0 Å². The first-order valence-electron chi connectivity index (χ1n) is 4.76. The van der Waals surface area contributed by atoms with Crippen molar-refractivity contribution in [2.24, 2.45) is 0 Å². The number of hydrogen-bond acceptors (Lipinski definition) is 10. The highest BCUT2D eigenvalue weighted by Crippen LogP contribution is 2.30. The van der Waals surface area contributed by atoms with E-state index in [0.29, 0.717) is 33.1 Å². The Morgan fingerprint density at radius 1 is 0.944 bits per heavy atom. The zero-order valence-corrected chi connectivity index (χ0v) is 12.6. The van der Waals surface area contributed by atoms with Gasteiger partial charge in [0.15, 0.2) is 0 Å². The Morgan fingerprint density at radius 2 is 1.28 bits per heavy atom. The molecule has 0 spiro atoms. The average molecular weight is 334 g/mol. The summed E-state index contributed by atoms with van der Waals surface area (Å²) in [6, 6.07) is 0. The van der Waals surface area contributed by atoms with Gasteiger partial charge in [-0.2, -0.15) is 25.3 Å². The fourth-order valence-electron chi connectivity index (χ4n) is 0.619. The number of aliphatic hydroxyl groups is 2. The number of rotatable bonds is 9. The van der Waals surface area contributed by atoms with Crippen LogP contribution < -0.4 is 0 Å². The minimum atomic E-state index is -1.48. The first kappa shape index (κ1) is 18.3. The van der Waals surface area contributed by atoms with Gasteiger partial charge in [-0.3, -0.25) is 0 Å². The summed E-state index contributed by atoms with van der Waals surface area (Å²) in [7, 11) is 1.22. The smallest absolute Gasteiger partial charge is 0.346 e. The van der Waals surface area contributed by atoms with E-state index in [-0.39, 0.29) is 13.2 Å². The molecule has 0 aliphatic heterocycles. The minimum Gasteiger partial charge on any atom is -0.462 e. The molecule has 6 nitrogen and oxygen atoms in total. The molecule has 2 unspecified atom stereocenters. The average Bonchev–Trinajstić information content (AvgIpc) is 2.38. The molecule has 0 saturated carbocycles. The molecule has 2 N–H and O–H groups in total. The fraction of sp³-hybridized carbons (Fsp3) is 0.750. The van der Waals surface area contributed by atoms with Gasteiger partial charge >= 0.3 is 11.9 Å². The van der Waals surface area contributed by atoms with E-state index in [0.717, 1.165) is 0 Å². The number of carbonyl (C=O) groups is 2. The predicted molar refractivity (Wildman–Crippen MR) is 76.8 cm³/mol. The summed E-state index contributed by atoms with van der Waals surface area (Å²) in [4.78, 5) is 22.2. The summed E-state index contributed by atoms with van der Waals surface area (Å²) in [6.45, 7) is 0.160. The van der Waals surface area contributed by atoms with Crippen LogP contribution in [0.4, 0.5) is 0 Å². The molecule has 2 atom stereocenters. The third kappa shape index (κ3) is 8.38. The van der Waals surface area contributed by atoms with Crippen molar-refractivity contribution in [3.05, 3.63) is 0 Å². The summed E-state index contributed by atoms with van der Waals surface area (Å²) >= 11 is 7.66. The minimum absolute atomic E-state index is 0.0801. The van der Waals surface area contributed by atoms with Crippen LogP contribution in [0, 0.1) is 0 Å². The van der Waals surface area contributed by atoms with E-state index in [9.17, 15) is 19.8 Å². The molecule has 0 aromatic rings. The summed E-state index contributed by atoms with van der Waals surface area (Å²) < 4.78 is 9.21. The number of hydrogen-bond donors (Lipinski definition) is 4. The van der Waals surface area contributed by atoms with Gasteiger partial charge in [0, 0.05) is 11.5 Å². The second-order valence-corrected chi connectivity index (χ2v) is 6.01. The van der Waals surface area contributed by atoms with E-state index in [4.69, 9.17) is 0 Å². The zero-order chi connectivity index (χ0) is 14.0. The van der Waals surface area contributed by atoms with Crippen LogP contribution in [0.15, 0.2) is 0 Å². The first-order chi connectivity index (χ1) is 8.52. The van der Waals surface area contributed by atoms with Crippen LogP contribution in [-0.4, -0.2) is 57.7 Å². The highest BCUT2D eigenvalue weighted by molar-refractivity contribution is 8.77. The largest absolute Gasteiger partial charge is 0.462 e. The van der Waals surface area contributed by atoms with Crippen molar-refractivity contribution in [3.8, 4) is 0 Å². The number of ether oxygens (including phenoxy) is 2. The lowest BCUT2D eigenvalue weighted by molar-refractivity contribution is -0.149. The molecule has 0 aromatic heterocycles. The van der Waals surface area contributed by atoms with Crippen LogP contribution in [-0.2, 0) is 19.1 Å². The lowest BCUT2D eigenvalue weighted by Crippen LogP contribution is -2.23. The van der Waals surface area contributed by atoms with Crippen molar-refractivity contribution < 1.29 is 29.3 Å². The Bertz CT molecular complexity index is 238. The van der Waals surface area contributed by atoms with Crippen LogP contribution in [0.2, 0.25) is 0 Å². The molecule has 0 aliphatic carbocycles. The molecule has 0 heterocycles. The lowest BCUT2D eigenvalue weighted by atomic mass is 10.7. The molecule has 0 aliphatic rings. The molecule has 18 heavy (non-hydrogen) atoms. The van der Waals surface area contributed by atoms with E-state index >= 15 is 0 Å². The predicted octanol–water partition coefficient (Wildman–Crippen LogP) is -0.0494. The molecule has 0 bridgehead atoms. The second-order valence-electron chi connectivity index (χ2n) is 2.68. The summed E-state index contributed by atoms with van der Waals surface area (Å²) in [5.74, 6) is -1.01. The summed E-state index contributed by atoms with van der Waals surface area (Å²) in [6.07, 6.45) is 0. The number of thiol groups is 2. The van der Waals surface area contributed by atoms with Crippen molar-refractivity contribution in [3.63, 3.8) is 0 Å². The SMILES string of the molecule is O=C(OCCS)C(O)SSC(O)C(=O)OCCS. The maximum absolute atomic E-state index is 11.1. The highest BCUT2D eigenvalue weighted by Gasteiger charge is 2.23. The van der Waals surface area contributed by atoms with Crippen molar-refractivity contribution in [2.45, 2.75) is 10.9 Å². The molecule has 10 heteroatoms. The molecule has 0 amide bonds. The van der Waals surface area contributed by atoms with Gasteiger partial charge in [-0.15, -0.1) is 0 Å². The van der Waals surface area contributed by atoms with Crippen molar-refractivity contribution >= 4 is 58.8 Å². The molecule has 0 fully saturated rings. The Labute approximate surface area is 123 Å². The molecule has 0 rings (SSSR count).